The monoisotopic (exact) mass is 225 g/mol. The molecule has 0 radical (unpaired) electrons. The second-order valence-electron chi connectivity index (χ2n) is 4.16. The Balaban J connectivity index is 2.61. The maximum Gasteiger partial charge on any atom is 0.235 e. The average Bonchev–Trinajstić information content (AvgIpc) is 2.48. The van der Waals surface area contributed by atoms with Crippen molar-refractivity contribution < 1.29 is 0 Å². The number of para-hydroxylation sites is 1. The molecule has 17 heavy (non-hydrogen) atoms. The van der Waals surface area contributed by atoms with E-state index in [2.05, 4.69) is 4.98 Å². The van der Waals surface area contributed by atoms with E-state index < -0.39 is 5.43 Å². The third kappa shape index (κ3) is 1.51. The van der Waals surface area contributed by atoms with Crippen LogP contribution in [0.4, 0.5) is 0 Å². The predicted octanol–water partition coefficient (Wildman–Crippen LogP) is 1.85. The molecule has 1 aromatic heterocycles. The van der Waals surface area contributed by atoms with Gasteiger partial charge in [0, 0.05) is 22.2 Å². The number of allylic oxidation sites excluding steroid dienone is 1. The van der Waals surface area contributed by atoms with Gasteiger partial charge in [0.1, 0.15) is 0 Å². The largest absolute Gasteiger partial charge is 0.355 e. The summed E-state index contributed by atoms with van der Waals surface area (Å²) in [6, 6.07) is 7.12. The number of benzene rings is 1. The molecule has 0 unspecified atom stereocenters. The van der Waals surface area contributed by atoms with Crippen molar-refractivity contribution in [3.05, 3.63) is 62.0 Å². The molecule has 2 aromatic rings. The van der Waals surface area contributed by atoms with Crippen LogP contribution < -0.4 is 10.9 Å². The summed E-state index contributed by atoms with van der Waals surface area (Å²) in [4.78, 5) is 27.3. The van der Waals surface area contributed by atoms with Crippen LogP contribution in [0.15, 0.2) is 39.9 Å². The molecule has 0 saturated heterocycles. The van der Waals surface area contributed by atoms with Gasteiger partial charge in [0.25, 0.3) is 0 Å². The van der Waals surface area contributed by atoms with Crippen molar-refractivity contribution in [2.45, 2.75) is 12.8 Å². The lowest BCUT2D eigenvalue weighted by atomic mass is 10.0. The van der Waals surface area contributed by atoms with Crippen LogP contribution in [0.3, 0.4) is 0 Å². The molecule has 0 saturated carbocycles. The van der Waals surface area contributed by atoms with Crippen LogP contribution in [0.5, 0.6) is 0 Å². The molecule has 1 N–H and O–H groups in total. The highest BCUT2D eigenvalue weighted by Gasteiger charge is 2.12. The van der Waals surface area contributed by atoms with E-state index in [1.807, 2.05) is 24.3 Å². The number of aromatic nitrogens is 1. The zero-order chi connectivity index (χ0) is 11.8. The number of aromatic amines is 1. The van der Waals surface area contributed by atoms with Crippen LogP contribution in [-0.4, -0.2) is 4.98 Å². The Hall–Kier alpha value is -2.16. The maximum atomic E-state index is 12.1. The Bertz CT molecular complexity index is 741. The fourth-order valence-corrected chi connectivity index (χ4v) is 2.21. The molecule has 1 aromatic carbocycles. The van der Waals surface area contributed by atoms with Crippen LogP contribution >= 0.6 is 0 Å². The number of rotatable bonds is 0. The van der Waals surface area contributed by atoms with E-state index in [4.69, 9.17) is 0 Å². The van der Waals surface area contributed by atoms with Gasteiger partial charge in [0.15, 0.2) is 0 Å². The SMILES string of the molecule is O=c1c2c([nH]c3ccccc3c1=O)C=CCC2. The summed E-state index contributed by atoms with van der Waals surface area (Å²) in [5.41, 5.74) is 1.30. The second-order valence-corrected chi connectivity index (χ2v) is 4.16. The third-order valence-corrected chi connectivity index (χ3v) is 3.09. The lowest BCUT2D eigenvalue weighted by Crippen LogP contribution is -2.25. The van der Waals surface area contributed by atoms with Gasteiger partial charge in [0.2, 0.25) is 10.9 Å². The molecule has 1 heterocycles. The standard InChI is InChI=1S/C14H11NO2/c16-13-9-5-1-3-7-11(9)15-12-8-4-2-6-10(12)14(13)17/h1,3-5,7-8,15H,2,6H2. The number of hydrogen-bond donors (Lipinski definition) is 1. The van der Waals surface area contributed by atoms with Crippen molar-refractivity contribution >= 4 is 17.0 Å². The van der Waals surface area contributed by atoms with E-state index in [1.165, 1.54) is 0 Å². The highest BCUT2D eigenvalue weighted by Crippen LogP contribution is 2.14. The number of hydrogen-bond acceptors (Lipinski definition) is 2. The number of H-pyrrole nitrogens is 1. The van der Waals surface area contributed by atoms with Gasteiger partial charge in [-0.2, -0.15) is 0 Å². The van der Waals surface area contributed by atoms with Crippen LogP contribution in [0.2, 0.25) is 0 Å². The molecule has 0 amide bonds. The summed E-state index contributed by atoms with van der Waals surface area (Å²) in [6.07, 6.45) is 5.34. The zero-order valence-corrected chi connectivity index (χ0v) is 9.19. The summed E-state index contributed by atoms with van der Waals surface area (Å²) >= 11 is 0. The first-order valence-electron chi connectivity index (χ1n) is 5.62. The van der Waals surface area contributed by atoms with E-state index in [-0.39, 0.29) is 5.43 Å². The zero-order valence-electron chi connectivity index (χ0n) is 9.19. The first-order valence-corrected chi connectivity index (χ1v) is 5.62. The molecular formula is C14H11NO2. The van der Waals surface area contributed by atoms with E-state index in [1.54, 1.807) is 12.1 Å². The van der Waals surface area contributed by atoms with Gasteiger partial charge in [0.05, 0.1) is 0 Å². The molecule has 1 aliphatic carbocycles. The van der Waals surface area contributed by atoms with Crippen LogP contribution in [-0.2, 0) is 6.42 Å². The fourth-order valence-electron chi connectivity index (χ4n) is 2.21. The summed E-state index contributed by atoms with van der Waals surface area (Å²) in [6.45, 7) is 0. The summed E-state index contributed by atoms with van der Waals surface area (Å²) in [7, 11) is 0. The molecule has 3 nitrogen and oxygen atoms in total. The summed E-state index contributed by atoms with van der Waals surface area (Å²) < 4.78 is 0. The van der Waals surface area contributed by atoms with Gasteiger partial charge in [-0.3, -0.25) is 9.59 Å². The molecule has 3 heteroatoms. The first-order chi connectivity index (χ1) is 8.27. The van der Waals surface area contributed by atoms with Gasteiger partial charge in [-0.1, -0.05) is 18.2 Å². The molecule has 0 aliphatic heterocycles. The number of fused-ring (bicyclic) bond motifs is 2. The highest BCUT2D eigenvalue weighted by molar-refractivity contribution is 5.79. The Labute approximate surface area is 97.4 Å². The van der Waals surface area contributed by atoms with Crippen molar-refractivity contribution in [1.29, 1.82) is 0 Å². The smallest absolute Gasteiger partial charge is 0.235 e. The molecule has 0 bridgehead atoms. The highest BCUT2D eigenvalue weighted by atomic mass is 16.2. The number of nitrogens with one attached hydrogen (secondary N) is 1. The second kappa shape index (κ2) is 3.70. The lowest BCUT2D eigenvalue weighted by molar-refractivity contribution is 0.962. The minimum absolute atomic E-state index is 0.373. The molecular weight excluding hydrogens is 214 g/mol. The van der Waals surface area contributed by atoms with Crippen molar-refractivity contribution in [1.82, 2.24) is 4.98 Å². The molecule has 84 valence electrons. The fraction of sp³-hybridized carbons (Fsp3) is 0.143. The van der Waals surface area contributed by atoms with Crippen molar-refractivity contribution in [3.8, 4) is 0 Å². The Morgan fingerprint density at radius 3 is 2.76 bits per heavy atom. The predicted molar refractivity (Wildman–Crippen MR) is 68.2 cm³/mol. The van der Waals surface area contributed by atoms with E-state index >= 15 is 0 Å². The first kappa shape index (κ1) is 10.0. The van der Waals surface area contributed by atoms with Crippen molar-refractivity contribution in [3.63, 3.8) is 0 Å². The molecule has 3 rings (SSSR count). The van der Waals surface area contributed by atoms with E-state index in [0.29, 0.717) is 22.9 Å². The minimum atomic E-state index is -0.409. The third-order valence-electron chi connectivity index (χ3n) is 3.09. The van der Waals surface area contributed by atoms with Crippen LogP contribution in [0.1, 0.15) is 17.7 Å². The normalized spacial score (nSPS) is 13.6. The minimum Gasteiger partial charge on any atom is -0.355 e. The summed E-state index contributed by atoms with van der Waals surface area (Å²) in [5.74, 6) is 0. The topological polar surface area (TPSA) is 49.9 Å². The van der Waals surface area contributed by atoms with Gasteiger partial charge < -0.3 is 4.98 Å². The van der Waals surface area contributed by atoms with Gasteiger partial charge >= 0.3 is 0 Å². The molecule has 0 atom stereocenters. The van der Waals surface area contributed by atoms with Crippen LogP contribution in [0, 0.1) is 0 Å². The van der Waals surface area contributed by atoms with Gasteiger partial charge in [-0.15, -0.1) is 0 Å². The van der Waals surface area contributed by atoms with Crippen molar-refractivity contribution in [2.75, 3.05) is 0 Å². The lowest BCUT2D eigenvalue weighted by Gasteiger charge is -2.04. The van der Waals surface area contributed by atoms with E-state index in [9.17, 15) is 9.59 Å². The average molecular weight is 225 g/mol. The van der Waals surface area contributed by atoms with Gasteiger partial charge in [-0.05, 0) is 31.1 Å². The Morgan fingerprint density at radius 2 is 1.88 bits per heavy atom. The molecule has 1 aliphatic rings. The van der Waals surface area contributed by atoms with Crippen LogP contribution in [0.25, 0.3) is 17.0 Å². The van der Waals surface area contributed by atoms with E-state index in [0.717, 1.165) is 12.1 Å². The molecule has 0 fully saturated rings. The van der Waals surface area contributed by atoms with Crippen molar-refractivity contribution in [2.24, 2.45) is 0 Å². The Morgan fingerprint density at radius 1 is 1.06 bits per heavy atom. The maximum absolute atomic E-state index is 12.1. The quantitative estimate of drug-likeness (QED) is 0.695. The Kier molecular flexibility index (Phi) is 2.18. The summed E-state index contributed by atoms with van der Waals surface area (Å²) in [5, 5.41) is 0.459. The van der Waals surface area contributed by atoms with Gasteiger partial charge in [-0.25, -0.2) is 0 Å². The molecule has 0 spiro atoms.